The van der Waals surface area contributed by atoms with Gasteiger partial charge in [-0.15, -0.1) is 0 Å². The Balaban J connectivity index is 1.15. The molecule has 3 aromatic rings. The molecule has 0 bridgehead atoms. The molecule has 3 aromatic carbocycles. The Morgan fingerprint density at radius 1 is 0.667 bits per heavy atom. The van der Waals surface area contributed by atoms with Crippen molar-refractivity contribution in [3.8, 4) is 23.0 Å². The van der Waals surface area contributed by atoms with Gasteiger partial charge in [-0.25, -0.2) is 14.4 Å². The Bertz CT molecular complexity index is 1560. The third kappa shape index (κ3) is 11.3. The Morgan fingerprint density at radius 3 is 1.67 bits per heavy atom. The van der Waals surface area contributed by atoms with Crippen LogP contribution in [0.5, 0.6) is 23.0 Å². The fourth-order valence-corrected chi connectivity index (χ4v) is 4.68. The van der Waals surface area contributed by atoms with Crippen LogP contribution in [-0.2, 0) is 19.1 Å². The van der Waals surface area contributed by atoms with E-state index < -0.39 is 11.9 Å². The van der Waals surface area contributed by atoms with E-state index >= 15 is 0 Å². The lowest BCUT2D eigenvalue weighted by Gasteiger charge is -2.26. The van der Waals surface area contributed by atoms with E-state index in [1.165, 1.54) is 6.92 Å². The summed E-state index contributed by atoms with van der Waals surface area (Å²) < 4.78 is 32.7. The van der Waals surface area contributed by atoms with E-state index in [2.05, 4.69) is 6.58 Å². The van der Waals surface area contributed by atoms with E-state index in [1.54, 1.807) is 73.7 Å². The molecule has 48 heavy (non-hydrogen) atoms. The molecule has 1 fully saturated rings. The molecule has 0 unspecified atom stereocenters. The van der Waals surface area contributed by atoms with Crippen LogP contribution in [-0.4, -0.2) is 50.3 Å². The maximum absolute atomic E-state index is 12.8. The molecule has 4 rings (SSSR count). The molecule has 0 aromatic heterocycles. The largest absolute Gasteiger partial charge is 0.494 e. The summed E-state index contributed by atoms with van der Waals surface area (Å²) in [6.45, 7) is 8.58. The van der Waals surface area contributed by atoms with E-state index in [0.29, 0.717) is 91.0 Å². The molecule has 10 heteroatoms. The Morgan fingerprint density at radius 2 is 1.17 bits per heavy atom. The van der Waals surface area contributed by atoms with Gasteiger partial charge in [-0.1, -0.05) is 13.0 Å². The van der Waals surface area contributed by atoms with Gasteiger partial charge in [0.15, 0.2) is 0 Å². The second-order valence-electron chi connectivity index (χ2n) is 11.5. The highest BCUT2D eigenvalue weighted by atomic mass is 16.5. The van der Waals surface area contributed by atoms with Crippen molar-refractivity contribution in [3.05, 3.63) is 95.6 Å². The molecule has 0 spiro atoms. The van der Waals surface area contributed by atoms with Crippen molar-refractivity contribution in [1.82, 2.24) is 0 Å². The van der Waals surface area contributed by atoms with E-state index in [9.17, 15) is 19.2 Å². The molecule has 1 aliphatic carbocycles. The summed E-state index contributed by atoms with van der Waals surface area (Å²) in [4.78, 5) is 48.2. The molecule has 10 nitrogen and oxygen atoms in total. The number of carbonyl (C=O) groups is 4. The summed E-state index contributed by atoms with van der Waals surface area (Å²) in [7, 11) is 0. The number of hydrogen-bond donors (Lipinski definition) is 0. The standard InChI is InChI=1S/C38H42O10/c1-26-25-34(47-37(41)30-11-15-32(16-12-30)44-22-5-4-21-43-28(3)39)19-20-35(26)48-38(42)31-13-17-33(18-14-31)45-23-6-7-24-46-36(40)27(2)29-9-8-10-29/h11-20,25,29H,2,4-10,21-24H2,1,3H3. The number of ether oxygens (including phenoxy) is 6. The number of hydrogen-bond acceptors (Lipinski definition) is 10. The van der Waals surface area contributed by atoms with Crippen molar-refractivity contribution in [3.63, 3.8) is 0 Å². The Hall–Kier alpha value is -5.12. The van der Waals surface area contributed by atoms with Crippen molar-refractivity contribution in [2.45, 2.75) is 58.8 Å². The average molecular weight is 659 g/mol. The Kier molecular flexibility index (Phi) is 13.6. The highest BCUT2D eigenvalue weighted by Gasteiger charge is 2.25. The minimum atomic E-state index is -0.539. The van der Waals surface area contributed by atoms with Crippen LogP contribution in [0.25, 0.3) is 0 Å². The van der Waals surface area contributed by atoms with Crippen LogP contribution in [0.4, 0.5) is 0 Å². The molecule has 1 aliphatic rings. The maximum Gasteiger partial charge on any atom is 0.343 e. The number of benzene rings is 3. The van der Waals surface area contributed by atoms with Gasteiger partial charge in [0.1, 0.15) is 23.0 Å². The molecule has 1 saturated carbocycles. The number of rotatable bonds is 18. The highest BCUT2D eigenvalue weighted by molar-refractivity contribution is 5.92. The summed E-state index contributed by atoms with van der Waals surface area (Å²) in [6.07, 6.45) is 5.99. The van der Waals surface area contributed by atoms with E-state index in [0.717, 1.165) is 25.7 Å². The predicted molar refractivity (Wildman–Crippen MR) is 178 cm³/mol. The fourth-order valence-electron chi connectivity index (χ4n) is 4.68. The normalized spacial score (nSPS) is 12.3. The van der Waals surface area contributed by atoms with Crippen molar-refractivity contribution in [1.29, 1.82) is 0 Å². The van der Waals surface area contributed by atoms with E-state index in [1.807, 2.05) is 0 Å². The van der Waals surface area contributed by atoms with Crippen molar-refractivity contribution >= 4 is 23.9 Å². The van der Waals surface area contributed by atoms with Gasteiger partial charge in [-0.3, -0.25) is 4.79 Å². The lowest BCUT2D eigenvalue weighted by Crippen LogP contribution is -2.21. The van der Waals surface area contributed by atoms with E-state index in [4.69, 9.17) is 28.4 Å². The summed E-state index contributed by atoms with van der Waals surface area (Å²) in [5.74, 6) is 0.478. The minimum Gasteiger partial charge on any atom is -0.494 e. The van der Waals surface area contributed by atoms with Crippen LogP contribution in [0.15, 0.2) is 78.9 Å². The maximum atomic E-state index is 12.8. The number of esters is 4. The van der Waals surface area contributed by atoms with Gasteiger partial charge < -0.3 is 28.4 Å². The topological polar surface area (TPSA) is 124 Å². The van der Waals surface area contributed by atoms with Gasteiger partial charge in [-0.05, 0) is 124 Å². The first-order chi connectivity index (χ1) is 23.2. The SMILES string of the molecule is C=C(C(=O)OCCCCOc1ccc(C(=O)Oc2ccc(OC(=O)c3ccc(OCCCCOC(C)=O)cc3)cc2C)cc1)C1CCC1. The lowest BCUT2D eigenvalue weighted by molar-refractivity contribution is -0.141. The van der Waals surface area contributed by atoms with Crippen LogP contribution in [0, 0.1) is 12.8 Å². The first-order valence-corrected chi connectivity index (χ1v) is 16.2. The van der Waals surface area contributed by atoms with Crippen LogP contribution < -0.4 is 18.9 Å². The second kappa shape index (κ2) is 18.3. The van der Waals surface area contributed by atoms with Gasteiger partial charge in [-0.2, -0.15) is 0 Å². The first kappa shape index (κ1) is 35.7. The van der Waals surface area contributed by atoms with Crippen LogP contribution in [0.1, 0.15) is 78.1 Å². The molecule has 0 amide bonds. The zero-order chi connectivity index (χ0) is 34.3. The van der Waals surface area contributed by atoms with Gasteiger partial charge in [0.25, 0.3) is 0 Å². The van der Waals surface area contributed by atoms with Crippen molar-refractivity contribution in [2.24, 2.45) is 5.92 Å². The summed E-state index contributed by atoms with van der Waals surface area (Å²) in [6, 6.07) is 18.0. The van der Waals surface area contributed by atoms with Crippen LogP contribution in [0.3, 0.4) is 0 Å². The highest BCUT2D eigenvalue weighted by Crippen LogP contribution is 2.32. The fraction of sp³-hybridized carbons (Fsp3) is 0.368. The first-order valence-electron chi connectivity index (χ1n) is 16.2. The summed E-state index contributed by atoms with van der Waals surface area (Å²) in [5.41, 5.74) is 1.90. The Labute approximate surface area is 280 Å². The van der Waals surface area contributed by atoms with Crippen LogP contribution >= 0.6 is 0 Å². The third-order valence-corrected chi connectivity index (χ3v) is 7.75. The molecular formula is C38H42O10. The zero-order valence-corrected chi connectivity index (χ0v) is 27.5. The van der Waals surface area contributed by atoms with Gasteiger partial charge in [0.05, 0.1) is 37.6 Å². The predicted octanol–water partition coefficient (Wildman–Crippen LogP) is 7.21. The number of aryl methyl sites for hydroxylation is 1. The van der Waals surface area contributed by atoms with Gasteiger partial charge in [0, 0.05) is 12.5 Å². The molecule has 0 heterocycles. The smallest absolute Gasteiger partial charge is 0.343 e. The van der Waals surface area contributed by atoms with E-state index in [-0.39, 0.29) is 17.9 Å². The minimum absolute atomic E-state index is 0.282. The summed E-state index contributed by atoms with van der Waals surface area (Å²) in [5, 5.41) is 0. The summed E-state index contributed by atoms with van der Waals surface area (Å²) >= 11 is 0. The average Bonchev–Trinajstić information content (AvgIpc) is 3.05. The molecule has 0 radical (unpaired) electrons. The quantitative estimate of drug-likeness (QED) is 0.0599. The molecule has 254 valence electrons. The molecule has 0 atom stereocenters. The molecule has 0 aliphatic heterocycles. The molecule has 0 N–H and O–H groups in total. The third-order valence-electron chi connectivity index (χ3n) is 7.75. The van der Waals surface area contributed by atoms with Gasteiger partial charge in [0.2, 0.25) is 0 Å². The lowest BCUT2D eigenvalue weighted by atomic mass is 9.80. The van der Waals surface area contributed by atoms with Crippen LogP contribution in [0.2, 0.25) is 0 Å². The van der Waals surface area contributed by atoms with Crippen molar-refractivity contribution < 1.29 is 47.6 Å². The monoisotopic (exact) mass is 658 g/mol. The molecule has 0 saturated heterocycles. The molecular weight excluding hydrogens is 616 g/mol. The number of carbonyl (C=O) groups excluding carboxylic acids is 4. The zero-order valence-electron chi connectivity index (χ0n) is 27.5. The van der Waals surface area contributed by atoms with Crippen molar-refractivity contribution in [2.75, 3.05) is 26.4 Å². The number of unbranched alkanes of at least 4 members (excludes halogenated alkanes) is 2. The second-order valence-corrected chi connectivity index (χ2v) is 11.5. The van der Waals surface area contributed by atoms with Gasteiger partial charge >= 0.3 is 23.9 Å².